The number of aromatic nitrogens is 2. The Hall–Kier alpha value is -2.30. The van der Waals surface area contributed by atoms with Crippen molar-refractivity contribution in [3.63, 3.8) is 0 Å². The van der Waals surface area contributed by atoms with Gasteiger partial charge in [0.05, 0.1) is 17.7 Å². The SMILES string of the molecule is CCCCC[N]C(=O)[N]c1ccccc1-n1ccnc1. The lowest BCUT2D eigenvalue weighted by Gasteiger charge is -2.08. The van der Waals surface area contributed by atoms with Crippen molar-refractivity contribution in [3.05, 3.63) is 43.0 Å². The molecule has 104 valence electrons. The van der Waals surface area contributed by atoms with E-state index >= 15 is 0 Å². The molecule has 0 fully saturated rings. The summed E-state index contributed by atoms with van der Waals surface area (Å²) in [5.41, 5.74) is 1.43. The van der Waals surface area contributed by atoms with Gasteiger partial charge in [-0.15, -0.1) is 0 Å². The average Bonchev–Trinajstić information content (AvgIpc) is 2.98. The van der Waals surface area contributed by atoms with Crippen LogP contribution < -0.4 is 10.6 Å². The molecular weight excluding hydrogens is 252 g/mol. The molecule has 0 bridgehead atoms. The minimum atomic E-state index is -0.423. The first kappa shape index (κ1) is 14.1. The third-order valence-corrected chi connectivity index (χ3v) is 2.89. The van der Waals surface area contributed by atoms with E-state index < -0.39 is 6.03 Å². The summed E-state index contributed by atoms with van der Waals surface area (Å²) in [5.74, 6) is 0. The average molecular weight is 270 g/mol. The van der Waals surface area contributed by atoms with Gasteiger partial charge in [-0.1, -0.05) is 31.9 Å². The molecule has 5 nitrogen and oxygen atoms in total. The van der Waals surface area contributed by atoms with Gasteiger partial charge in [-0.25, -0.2) is 15.1 Å². The zero-order valence-electron chi connectivity index (χ0n) is 11.6. The Morgan fingerprint density at radius 1 is 1.30 bits per heavy atom. The molecule has 1 aromatic carbocycles. The fourth-order valence-electron chi connectivity index (χ4n) is 1.85. The van der Waals surface area contributed by atoms with E-state index in [0.717, 1.165) is 24.9 Å². The monoisotopic (exact) mass is 270 g/mol. The first-order valence-corrected chi connectivity index (χ1v) is 6.82. The second-order valence-corrected chi connectivity index (χ2v) is 4.44. The van der Waals surface area contributed by atoms with Crippen LogP contribution in [-0.4, -0.2) is 22.1 Å². The number of benzene rings is 1. The summed E-state index contributed by atoms with van der Waals surface area (Å²) >= 11 is 0. The molecule has 2 rings (SSSR count). The molecule has 0 saturated carbocycles. The van der Waals surface area contributed by atoms with Gasteiger partial charge in [0.1, 0.15) is 0 Å². The molecule has 20 heavy (non-hydrogen) atoms. The summed E-state index contributed by atoms with van der Waals surface area (Å²) in [6.07, 6.45) is 8.32. The highest BCUT2D eigenvalue weighted by Crippen LogP contribution is 2.19. The van der Waals surface area contributed by atoms with Crippen LogP contribution in [0.3, 0.4) is 0 Å². The lowest BCUT2D eigenvalue weighted by molar-refractivity contribution is 0.243. The number of amides is 2. The molecule has 0 aliphatic heterocycles. The maximum absolute atomic E-state index is 11.7. The van der Waals surface area contributed by atoms with Gasteiger partial charge in [-0.2, -0.15) is 5.32 Å². The van der Waals surface area contributed by atoms with Crippen LogP contribution in [0.5, 0.6) is 0 Å². The Bertz CT molecular complexity index is 537. The fourth-order valence-corrected chi connectivity index (χ4v) is 1.85. The van der Waals surface area contributed by atoms with Crippen molar-refractivity contribution in [2.45, 2.75) is 26.2 Å². The first-order chi connectivity index (χ1) is 9.81. The maximum atomic E-state index is 11.7. The lowest BCUT2D eigenvalue weighted by atomic mass is 10.2. The molecule has 0 spiro atoms. The second-order valence-electron chi connectivity index (χ2n) is 4.44. The number of rotatable bonds is 6. The third kappa shape index (κ3) is 3.85. The van der Waals surface area contributed by atoms with Crippen LogP contribution in [0.2, 0.25) is 0 Å². The van der Waals surface area contributed by atoms with E-state index in [1.54, 1.807) is 18.6 Å². The van der Waals surface area contributed by atoms with Crippen LogP contribution in [0.15, 0.2) is 43.0 Å². The molecule has 0 N–H and O–H groups in total. The second kappa shape index (κ2) is 7.33. The Morgan fingerprint density at radius 3 is 2.90 bits per heavy atom. The van der Waals surface area contributed by atoms with Crippen molar-refractivity contribution < 1.29 is 4.79 Å². The number of hydrogen-bond acceptors (Lipinski definition) is 2. The first-order valence-electron chi connectivity index (χ1n) is 6.82. The van der Waals surface area contributed by atoms with Crippen LogP contribution in [-0.2, 0) is 0 Å². The van der Waals surface area contributed by atoms with Gasteiger partial charge in [-0.05, 0) is 18.6 Å². The molecule has 2 amide bonds. The molecule has 0 atom stereocenters. The molecule has 1 heterocycles. The van der Waals surface area contributed by atoms with Crippen molar-refractivity contribution in [2.75, 3.05) is 6.54 Å². The molecule has 5 heteroatoms. The van der Waals surface area contributed by atoms with Crippen LogP contribution >= 0.6 is 0 Å². The Balaban J connectivity index is 1.97. The molecule has 1 aromatic heterocycles. The van der Waals surface area contributed by atoms with E-state index in [1.807, 2.05) is 29.0 Å². The van der Waals surface area contributed by atoms with Crippen LogP contribution in [0.4, 0.5) is 10.5 Å². The highest BCUT2D eigenvalue weighted by atomic mass is 16.2. The smallest absolute Gasteiger partial charge is 0.304 e. The topological polar surface area (TPSA) is 63.1 Å². The van der Waals surface area contributed by atoms with E-state index in [4.69, 9.17) is 0 Å². The van der Waals surface area contributed by atoms with Crippen molar-refractivity contribution in [1.82, 2.24) is 20.2 Å². The number of urea groups is 1. The number of carbonyl (C=O) groups excluding carboxylic acids is 1. The summed E-state index contributed by atoms with van der Waals surface area (Å²) in [4.78, 5) is 15.7. The van der Waals surface area contributed by atoms with Crippen molar-refractivity contribution >= 4 is 11.7 Å². The number of para-hydroxylation sites is 2. The predicted molar refractivity (Wildman–Crippen MR) is 77.3 cm³/mol. The lowest BCUT2D eigenvalue weighted by Crippen LogP contribution is -2.22. The summed E-state index contributed by atoms with van der Waals surface area (Å²) in [6, 6.07) is 7.02. The molecular formula is C15H18N4O. The predicted octanol–water partition coefficient (Wildman–Crippen LogP) is 3.02. The summed E-state index contributed by atoms with van der Waals surface area (Å²) in [5, 5.41) is 8.01. The van der Waals surface area contributed by atoms with Crippen molar-refractivity contribution in [1.29, 1.82) is 0 Å². The largest absolute Gasteiger partial charge is 0.363 e. The number of unbranched alkanes of at least 4 members (excludes halogenated alkanes) is 2. The Kier molecular flexibility index (Phi) is 5.17. The fraction of sp³-hybridized carbons (Fsp3) is 0.333. The summed E-state index contributed by atoms with van der Waals surface area (Å²) < 4.78 is 1.82. The zero-order valence-corrected chi connectivity index (χ0v) is 11.6. The number of carbonyl (C=O) groups is 1. The Morgan fingerprint density at radius 2 is 2.15 bits per heavy atom. The number of nitrogens with zero attached hydrogens (tertiary/aromatic N) is 4. The van der Waals surface area contributed by atoms with Gasteiger partial charge in [0.2, 0.25) is 0 Å². The molecule has 0 unspecified atom stereocenters. The minimum Gasteiger partial charge on any atom is -0.304 e. The van der Waals surface area contributed by atoms with Crippen LogP contribution in [0.1, 0.15) is 26.2 Å². The number of hydrogen-bond donors (Lipinski definition) is 0. The molecule has 2 aromatic rings. The summed E-state index contributed by atoms with van der Waals surface area (Å²) in [6.45, 7) is 2.66. The van der Waals surface area contributed by atoms with Gasteiger partial charge in [-0.3, -0.25) is 0 Å². The maximum Gasteiger partial charge on any atom is 0.363 e. The third-order valence-electron chi connectivity index (χ3n) is 2.89. The highest BCUT2D eigenvalue weighted by molar-refractivity contribution is 5.80. The van der Waals surface area contributed by atoms with E-state index in [2.05, 4.69) is 22.5 Å². The standard InChI is InChI=1S/C15H18N4O/c1-2-3-6-9-17-15(20)18-13-7-4-5-8-14(13)19-11-10-16-12-19/h4-5,7-8,10-12H,2-3,6,9H2,1H3. The molecule has 0 aliphatic rings. The van der Waals surface area contributed by atoms with Gasteiger partial charge in [0.25, 0.3) is 0 Å². The van der Waals surface area contributed by atoms with Gasteiger partial charge >= 0.3 is 6.03 Å². The van der Waals surface area contributed by atoms with Gasteiger partial charge in [0.15, 0.2) is 0 Å². The molecule has 2 radical (unpaired) electrons. The van der Waals surface area contributed by atoms with Crippen molar-refractivity contribution in [2.24, 2.45) is 0 Å². The Labute approximate surface area is 119 Å². The zero-order chi connectivity index (χ0) is 14.2. The number of imidazole rings is 1. The normalized spacial score (nSPS) is 10.2. The highest BCUT2D eigenvalue weighted by Gasteiger charge is 2.10. The van der Waals surface area contributed by atoms with E-state index in [-0.39, 0.29) is 0 Å². The van der Waals surface area contributed by atoms with E-state index in [1.165, 1.54) is 0 Å². The summed E-state index contributed by atoms with van der Waals surface area (Å²) in [7, 11) is 0. The quantitative estimate of drug-likeness (QED) is 0.757. The molecule has 0 saturated heterocycles. The van der Waals surface area contributed by atoms with Crippen molar-refractivity contribution in [3.8, 4) is 5.69 Å². The van der Waals surface area contributed by atoms with E-state index in [9.17, 15) is 4.79 Å². The minimum absolute atomic E-state index is 0.423. The van der Waals surface area contributed by atoms with Crippen LogP contribution in [0, 0.1) is 0 Å². The van der Waals surface area contributed by atoms with E-state index in [0.29, 0.717) is 12.2 Å². The van der Waals surface area contributed by atoms with Gasteiger partial charge < -0.3 is 4.57 Å². The molecule has 0 aliphatic carbocycles. The van der Waals surface area contributed by atoms with Crippen LogP contribution in [0.25, 0.3) is 5.69 Å². The van der Waals surface area contributed by atoms with Gasteiger partial charge in [0, 0.05) is 18.9 Å².